The number of rotatable bonds is 5. The fourth-order valence-electron chi connectivity index (χ4n) is 4.76. The Bertz CT molecular complexity index is 1270. The van der Waals surface area contributed by atoms with Crippen molar-refractivity contribution in [1.82, 2.24) is 25.1 Å². The number of aromatic nitrogens is 4. The summed E-state index contributed by atoms with van der Waals surface area (Å²) in [6, 6.07) is 12.0. The van der Waals surface area contributed by atoms with E-state index in [1.54, 1.807) is 6.20 Å². The molecule has 7 heteroatoms. The first-order chi connectivity index (χ1) is 16.0. The lowest BCUT2D eigenvalue weighted by molar-refractivity contribution is 0.0718. The Kier molecular flexibility index (Phi) is 5.72. The van der Waals surface area contributed by atoms with E-state index < -0.39 is 6.10 Å². The highest BCUT2D eigenvalue weighted by molar-refractivity contribution is 6.06. The number of hydrogen-bond donors (Lipinski definition) is 3. The summed E-state index contributed by atoms with van der Waals surface area (Å²) < 4.78 is 1.83. The molecule has 170 valence electrons. The Morgan fingerprint density at radius 3 is 2.73 bits per heavy atom. The molecule has 0 radical (unpaired) electrons. The number of carbonyl (C=O) groups excluding carboxylic acids is 1. The van der Waals surface area contributed by atoms with E-state index in [1.807, 2.05) is 42.1 Å². The number of hydrogen-bond acceptors (Lipinski definition) is 4. The van der Waals surface area contributed by atoms with Crippen LogP contribution in [0.3, 0.4) is 0 Å². The van der Waals surface area contributed by atoms with Crippen LogP contribution in [0.2, 0.25) is 0 Å². The minimum absolute atomic E-state index is 0.162. The number of benzene rings is 2. The highest BCUT2D eigenvalue weighted by atomic mass is 16.3. The van der Waals surface area contributed by atoms with E-state index in [2.05, 4.69) is 39.4 Å². The molecule has 33 heavy (non-hydrogen) atoms. The van der Waals surface area contributed by atoms with Gasteiger partial charge in [-0.1, -0.05) is 25.0 Å². The molecule has 2 aromatic carbocycles. The maximum atomic E-state index is 13.3. The molecule has 0 saturated heterocycles. The molecule has 1 fully saturated rings. The molecule has 0 spiro atoms. The molecule has 5 rings (SSSR count). The molecule has 1 saturated carbocycles. The van der Waals surface area contributed by atoms with Crippen molar-refractivity contribution >= 4 is 16.9 Å². The fraction of sp³-hybridized carbons (Fsp3) is 0.346. The maximum absolute atomic E-state index is 13.3. The summed E-state index contributed by atoms with van der Waals surface area (Å²) in [7, 11) is 0. The van der Waals surface area contributed by atoms with Gasteiger partial charge in [0.15, 0.2) is 0 Å². The van der Waals surface area contributed by atoms with Crippen LogP contribution in [-0.2, 0) is 6.42 Å². The normalized spacial score (nSPS) is 18.5. The summed E-state index contributed by atoms with van der Waals surface area (Å²) in [4.78, 5) is 21.2. The number of aliphatic hydroxyl groups is 1. The largest absolute Gasteiger partial charge is 0.391 e. The molecule has 4 aromatic rings. The smallest absolute Gasteiger partial charge is 0.253 e. The number of fused-ring (bicyclic) bond motifs is 1. The predicted molar refractivity (Wildman–Crippen MR) is 128 cm³/mol. The second kappa shape index (κ2) is 8.83. The summed E-state index contributed by atoms with van der Waals surface area (Å²) in [6.45, 7) is 3.96. The zero-order valence-corrected chi connectivity index (χ0v) is 19.0. The number of aromatic amines is 1. The van der Waals surface area contributed by atoms with Crippen molar-refractivity contribution < 1.29 is 9.90 Å². The van der Waals surface area contributed by atoms with Gasteiger partial charge in [-0.25, -0.2) is 9.67 Å². The number of nitrogens with zero attached hydrogens (tertiary/aromatic N) is 3. The van der Waals surface area contributed by atoms with Gasteiger partial charge in [0.05, 0.1) is 34.4 Å². The van der Waals surface area contributed by atoms with Gasteiger partial charge in [-0.2, -0.15) is 5.10 Å². The Morgan fingerprint density at radius 2 is 2.00 bits per heavy atom. The van der Waals surface area contributed by atoms with Crippen molar-refractivity contribution in [3.8, 4) is 5.69 Å². The van der Waals surface area contributed by atoms with Crippen LogP contribution in [0.1, 0.15) is 58.6 Å². The third kappa shape index (κ3) is 4.28. The molecule has 2 atom stereocenters. The molecule has 0 bridgehead atoms. The van der Waals surface area contributed by atoms with Gasteiger partial charge in [0, 0.05) is 12.4 Å². The van der Waals surface area contributed by atoms with Gasteiger partial charge in [-0.3, -0.25) is 4.79 Å². The quantitative estimate of drug-likeness (QED) is 0.435. The van der Waals surface area contributed by atoms with Crippen LogP contribution in [0.4, 0.5) is 0 Å². The fourth-order valence-corrected chi connectivity index (χ4v) is 4.76. The summed E-state index contributed by atoms with van der Waals surface area (Å²) in [5.41, 5.74) is 6.45. The van der Waals surface area contributed by atoms with Crippen LogP contribution in [-0.4, -0.2) is 42.9 Å². The number of nitrogens with one attached hydrogen (secondary N) is 2. The van der Waals surface area contributed by atoms with Crippen LogP contribution in [0.5, 0.6) is 0 Å². The topological polar surface area (TPSA) is 95.8 Å². The lowest BCUT2D eigenvalue weighted by Crippen LogP contribution is -2.45. The third-order valence-corrected chi connectivity index (χ3v) is 6.64. The average Bonchev–Trinajstić information content (AvgIpc) is 3.48. The SMILES string of the molecule is Cc1nc2c(C)c(Cc3ccc(-n4cccn4)cc3)cc(C(=O)N[C@H]3CCCC[C@@H]3O)c2[nH]1. The number of H-pyrrole nitrogens is 1. The van der Waals surface area contributed by atoms with Gasteiger partial charge in [0.2, 0.25) is 0 Å². The second-order valence-electron chi connectivity index (χ2n) is 8.98. The van der Waals surface area contributed by atoms with Crippen molar-refractivity contribution in [3.05, 3.63) is 76.9 Å². The lowest BCUT2D eigenvalue weighted by Gasteiger charge is -2.28. The van der Waals surface area contributed by atoms with E-state index in [9.17, 15) is 9.90 Å². The van der Waals surface area contributed by atoms with Crippen molar-refractivity contribution in [2.45, 2.75) is 58.1 Å². The zero-order chi connectivity index (χ0) is 22.9. The average molecular weight is 444 g/mol. The highest BCUT2D eigenvalue weighted by Gasteiger charge is 2.26. The van der Waals surface area contributed by atoms with Gasteiger partial charge in [-0.15, -0.1) is 0 Å². The van der Waals surface area contributed by atoms with E-state index >= 15 is 0 Å². The first-order valence-corrected chi connectivity index (χ1v) is 11.6. The molecule has 7 nitrogen and oxygen atoms in total. The van der Waals surface area contributed by atoms with Crippen LogP contribution in [0.25, 0.3) is 16.7 Å². The van der Waals surface area contributed by atoms with Crippen molar-refractivity contribution in [3.63, 3.8) is 0 Å². The van der Waals surface area contributed by atoms with Crippen LogP contribution in [0, 0.1) is 13.8 Å². The minimum Gasteiger partial charge on any atom is -0.391 e. The summed E-state index contributed by atoms with van der Waals surface area (Å²) in [6.07, 6.45) is 7.45. The number of aliphatic hydroxyl groups excluding tert-OH is 1. The van der Waals surface area contributed by atoms with E-state index in [-0.39, 0.29) is 11.9 Å². The molecule has 1 aliphatic carbocycles. The standard InChI is InChI=1S/C26H29N5O2/c1-16-19(14-18-8-10-20(11-9-18)31-13-5-12-27-31)15-21(25-24(16)28-17(2)29-25)26(33)30-22-6-3-4-7-23(22)32/h5,8-13,15,22-23,32H,3-4,6-7,14H2,1-2H3,(H,28,29)(H,30,33)/t22-,23-/m0/s1. The first-order valence-electron chi connectivity index (χ1n) is 11.6. The monoisotopic (exact) mass is 443 g/mol. The number of amides is 1. The zero-order valence-electron chi connectivity index (χ0n) is 19.0. The van der Waals surface area contributed by atoms with Crippen molar-refractivity contribution in [2.24, 2.45) is 0 Å². The molecule has 3 N–H and O–H groups in total. The number of carbonyl (C=O) groups is 1. The van der Waals surface area contributed by atoms with E-state index in [4.69, 9.17) is 0 Å². The van der Waals surface area contributed by atoms with E-state index in [0.717, 1.165) is 64.9 Å². The molecule has 1 aliphatic rings. The van der Waals surface area contributed by atoms with Gasteiger partial charge in [0.1, 0.15) is 5.82 Å². The van der Waals surface area contributed by atoms with Gasteiger partial charge in [0.25, 0.3) is 5.91 Å². The molecule has 0 unspecified atom stereocenters. The van der Waals surface area contributed by atoms with Crippen LogP contribution in [0.15, 0.2) is 48.8 Å². The second-order valence-corrected chi connectivity index (χ2v) is 8.98. The predicted octanol–water partition coefficient (Wildman–Crippen LogP) is 3.99. The maximum Gasteiger partial charge on any atom is 0.253 e. The van der Waals surface area contributed by atoms with Crippen LogP contribution < -0.4 is 5.32 Å². The Labute approximate surface area is 192 Å². The van der Waals surface area contributed by atoms with E-state index in [1.165, 1.54) is 0 Å². The van der Waals surface area contributed by atoms with E-state index in [0.29, 0.717) is 12.0 Å². The molecular formula is C26H29N5O2. The number of imidazole rings is 1. The Balaban J connectivity index is 1.46. The molecule has 0 aliphatic heterocycles. The number of aryl methyl sites for hydroxylation is 2. The Morgan fingerprint density at radius 1 is 1.21 bits per heavy atom. The van der Waals surface area contributed by atoms with Crippen molar-refractivity contribution in [2.75, 3.05) is 0 Å². The molecular weight excluding hydrogens is 414 g/mol. The highest BCUT2D eigenvalue weighted by Crippen LogP contribution is 2.27. The van der Waals surface area contributed by atoms with Crippen LogP contribution >= 0.6 is 0 Å². The van der Waals surface area contributed by atoms with Gasteiger partial charge in [-0.05, 0) is 74.1 Å². The third-order valence-electron chi connectivity index (χ3n) is 6.64. The van der Waals surface area contributed by atoms with Gasteiger partial charge >= 0.3 is 0 Å². The molecule has 2 heterocycles. The van der Waals surface area contributed by atoms with Gasteiger partial charge < -0.3 is 15.4 Å². The first kappa shape index (κ1) is 21.4. The summed E-state index contributed by atoms with van der Waals surface area (Å²) in [5, 5.41) is 17.7. The lowest BCUT2D eigenvalue weighted by atomic mass is 9.92. The molecule has 2 aromatic heterocycles. The minimum atomic E-state index is -0.486. The summed E-state index contributed by atoms with van der Waals surface area (Å²) >= 11 is 0. The summed E-state index contributed by atoms with van der Waals surface area (Å²) in [5.74, 6) is 0.616. The Hall–Kier alpha value is -3.45. The van der Waals surface area contributed by atoms with Crippen molar-refractivity contribution in [1.29, 1.82) is 0 Å². The molecule has 1 amide bonds.